The van der Waals surface area contributed by atoms with Crippen LogP contribution in [0.3, 0.4) is 0 Å². The summed E-state index contributed by atoms with van der Waals surface area (Å²) in [6.45, 7) is 4.27. The third-order valence-electron chi connectivity index (χ3n) is 2.99. The molecule has 1 unspecified atom stereocenters. The largest absolute Gasteiger partial charge is 0.468 e. The lowest BCUT2D eigenvalue weighted by Crippen LogP contribution is -2.46. The van der Waals surface area contributed by atoms with E-state index in [1.807, 2.05) is 19.9 Å². The average Bonchev–Trinajstić information content (AvgIpc) is 2.90. The van der Waals surface area contributed by atoms with Crippen LogP contribution >= 0.6 is 0 Å². The Hall–Kier alpha value is -1.82. The highest BCUT2D eigenvalue weighted by atomic mass is 16.5. The maximum absolute atomic E-state index is 12.0. The van der Waals surface area contributed by atoms with E-state index in [4.69, 9.17) is 9.15 Å². The summed E-state index contributed by atoms with van der Waals surface area (Å²) in [5.74, 6) is 0.289. The van der Waals surface area contributed by atoms with Crippen molar-refractivity contribution < 1.29 is 18.7 Å². The van der Waals surface area contributed by atoms with Crippen molar-refractivity contribution in [1.82, 2.24) is 10.2 Å². The Balaban J connectivity index is 2.46. The van der Waals surface area contributed by atoms with E-state index >= 15 is 0 Å². The molecule has 0 saturated carbocycles. The predicted molar refractivity (Wildman–Crippen MR) is 73.8 cm³/mol. The maximum atomic E-state index is 12.0. The second-order valence-electron chi connectivity index (χ2n) is 4.95. The van der Waals surface area contributed by atoms with Gasteiger partial charge in [0.25, 0.3) is 0 Å². The lowest BCUT2D eigenvalue weighted by atomic mass is 10.0. The lowest BCUT2D eigenvalue weighted by molar-refractivity contribution is -0.144. The summed E-state index contributed by atoms with van der Waals surface area (Å²) in [6.07, 6.45) is 1.57. The van der Waals surface area contributed by atoms with Crippen molar-refractivity contribution in [3.8, 4) is 0 Å². The van der Waals surface area contributed by atoms with Crippen LogP contribution in [-0.2, 0) is 20.9 Å². The number of nitrogens with zero attached hydrogens (tertiary/aromatic N) is 1. The van der Waals surface area contributed by atoms with E-state index in [2.05, 4.69) is 5.32 Å². The molecule has 0 bridgehead atoms. The fraction of sp³-hybridized carbons (Fsp3) is 0.571. The van der Waals surface area contributed by atoms with E-state index in [-0.39, 0.29) is 24.3 Å². The molecule has 0 aromatic carbocycles. The van der Waals surface area contributed by atoms with Crippen LogP contribution in [0.2, 0.25) is 0 Å². The summed E-state index contributed by atoms with van der Waals surface area (Å²) >= 11 is 0. The second kappa shape index (κ2) is 7.69. The van der Waals surface area contributed by atoms with Crippen molar-refractivity contribution in [3.63, 3.8) is 0 Å². The number of esters is 1. The van der Waals surface area contributed by atoms with Crippen molar-refractivity contribution in [2.45, 2.75) is 26.4 Å². The zero-order valence-corrected chi connectivity index (χ0v) is 12.4. The van der Waals surface area contributed by atoms with E-state index in [1.165, 1.54) is 7.11 Å². The molecule has 112 valence electrons. The first kappa shape index (κ1) is 16.2. The number of nitrogens with one attached hydrogen (secondary N) is 1. The molecule has 6 nitrogen and oxygen atoms in total. The summed E-state index contributed by atoms with van der Waals surface area (Å²) in [5, 5.41) is 2.93. The predicted octanol–water partition coefficient (Wildman–Crippen LogP) is 1.03. The molecule has 0 aliphatic rings. The maximum Gasteiger partial charge on any atom is 0.323 e. The van der Waals surface area contributed by atoms with Gasteiger partial charge in [-0.2, -0.15) is 0 Å². The van der Waals surface area contributed by atoms with E-state index < -0.39 is 6.04 Å². The van der Waals surface area contributed by atoms with Gasteiger partial charge < -0.3 is 14.1 Å². The molecule has 1 N–H and O–H groups in total. The molecule has 0 radical (unpaired) electrons. The van der Waals surface area contributed by atoms with Gasteiger partial charge in [0, 0.05) is 7.05 Å². The summed E-state index contributed by atoms with van der Waals surface area (Å²) in [6, 6.07) is 3.10. The Morgan fingerprint density at radius 3 is 2.65 bits per heavy atom. The summed E-state index contributed by atoms with van der Waals surface area (Å²) in [4.78, 5) is 25.1. The zero-order chi connectivity index (χ0) is 15.1. The first-order chi connectivity index (χ1) is 9.45. The van der Waals surface area contributed by atoms with Crippen LogP contribution in [0, 0.1) is 5.92 Å². The summed E-state index contributed by atoms with van der Waals surface area (Å²) < 4.78 is 9.90. The highest BCUT2D eigenvalue weighted by Crippen LogP contribution is 2.05. The second-order valence-corrected chi connectivity index (χ2v) is 4.95. The van der Waals surface area contributed by atoms with Gasteiger partial charge in [0.15, 0.2) is 0 Å². The first-order valence-corrected chi connectivity index (χ1v) is 6.53. The molecule has 0 spiro atoms. The van der Waals surface area contributed by atoms with Gasteiger partial charge in [-0.3, -0.25) is 14.9 Å². The third kappa shape index (κ3) is 4.70. The third-order valence-corrected chi connectivity index (χ3v) is 2.99. The minimum absolute atomic E-state index is 0.0469. The van der Waals surface area contributed by atoms with Crippen LogP contribution in [0.25, 0.3) is 0 Å². The molecule has 0 fully saturated rings. The van der Waals surface area contributed by atoms with Gasteiger partial charge in [-0.05, 0) is 18.1 Å². The van der Waals surface area contributed by atoms with Gasteiger partial charge in [-0.25, -0.2) is 0 Å². The molecular weight excluding hydrogens is 260 g/mol. The van der Waals surface area contributed by atoms with Gasteiger partial charge in [0.1, 0.15) is 11.8 Å². The molecule has 1 rings (SSSR count). The highest BCUT2D eigenvalue weighted by Gasteiger charge is 2.23. The molecule has 0 aliphatic carbocycles. The van der Waals surface area contributed by atoms with Crippen LogP contribution in [-0.4, -0.2) is 43.5 Å². The molecule has 6 heteroatoms. The normalized spacial score (nSPS) is 12.2. The van der Waals surface area contributed by atoms with Crippen molar-refractivity contribution >= 4 is 11.9 Å². The highest BCUT2D eigenvalue weighted by molar-refractivity contribution is 5.80. The SMILES string of the molecule is COC(=O)C(NCC(=O)N(C)Cc1ccco1)C(C)C. The van der Waals surface area contributed by atoms with Crippen LogP contribution in [0.5, 0.6) is 0 Å². The van der Waals surface area contributed by atoms with Gasteiger partial charge in [-0.15, -0.1) is 0 Å². The summed E-state index contributed by atoms with van der Waals surface area (Å²) in [5.41, 5.74) is 0. The Morgan fingerprint density at radius 2 is 2.15 bits per heavy atom. The van der Waals surface area contributed by atoms with Crippen LogP contribution in [0.4, 0.5) is 0 Å². The number of hydrogen-bond donors (Lipinski definition) is 1. The molecule has 0 saturated heterocycles. The number of ether oxygens (including phenoxy) is 1. The van der Waals surface area contributed by atoms with E-state index in [0.29, 0.717) is 12.3 Å². The Bertz CT molecular complexity index is 428. The zero-order valence-electron chi connectivity index (χ0n) is 12.4. The molecule has 1 amide bonds. The van der Waals surface area contributed by atoms with Gasteiger partial charge >= 0.3 is 5.97 Å². The van der Waals surface area contributed by atoms with Gasteiger partial charge in [0.2, 0.25) is 5.91 Å². The fourth-order valence-corrected chi connectivity index (χ4v) is 1.77. The minimum Gasteiger partial charge on any atom is -0.468 e. The standard InChI is InChI=1S/C14H22N2O4/c1-10(2)13(14(18)19-4)15-8-12(17)16(3)9-11-6-5-7-20-11/h5-7,10,13,15H,8-9H2,1-4H3. The number of amides is 1. The number of methoxy groups -OCH3 is 1. The number of furan rings is 1. The fourth-order valence-electron chi connectivity index (χ4n) is 1.77. The van der Waals surface area contributed by atoms with Crippen molar-refractivity contribution in [1.29, 1.82) is 0 Å². The quantitative estimate of drug-likeness (QED) is 0.756. The number of carbonyl (C=O) groups is 2. The molecule has 1 heterocycles. The smallest absolute Gasteiger partial charge is 0.323 e. The molecule has 1 atom stereocenters. The van der Waals surface area contributed by atoms with Gasteiger partial charge in [-0.1, -0.05) is 13.8 Å². The number of likely N-dealkylation sites (N-methyl/N-ethyl adjacent to an activating group) is 1. The topological polar surface area (TPSA) is 71.8 Å². The minimum atomic E-state index is -0.485. The number of hydrogen-bond acceptors (Lipinski definition) is 5. The molecule has 20 heavy (non-hydrogen) atoms. The molecule has 1 aromatic heterocycles. The van der Waals surface area contributed by atoms with Crippen LogP contribution in [0.15, 0.2) is 22.8 Å². The molecular formula is C14H22N2O4. The van der Waals surface area contributed by atoms with Crippen molar-refractivity contribution in [3.05, 3.63) is 24.2 Å². The van der Waals surface area contributed by atoms with Crippen molar-refractivity contribution in [2.75, 3.05) is 20.7 Å². The molecule has 1 aromatic rings. The Morgan fingerprint density at radius 1 is 1.45 bits per heavy atom. The summed E-state index contributed by atoms with van der Waals surface area (Å²) in [7, 11) is 3.03. The average molecular weight is 282 g/mol. The van der Waals surface area contributed by atoms with E-state index in [0.717, 1.165) is 0 Å². The lowest BCUT2D eigenvalue weighted by Gasteiger charge is -2.22. The van der Waals surface area contributed by atoms with Crippen LogP contribution < -0.4 is 5.32 Å². The van der Waals surface area contributed by atoms with Gasteiger partial charge in [0.05, 0.1) is 26.5 Å². The number of carbonyl (C=O) groups excluding carboxylic acids is 2. The van der Waals surface area contributed by atoms with E-state index in [1.54, 1.807) is 24.3 Å². The first-order valence-electron chi connectivity index (χ1n) is 6.53. The Labute approximate surface area is 119 Å². The molecule has 0 aliphatic heterocycles. The Kier molecular flexibility index (Phi) is 6.24. The van der Waals surface area contributed by atoms with E-state index in [9.17, 15) is 9.59 Å². The number of rotatable bonds is 7. The monoisotopic (exact) mass is 282 g/mol. The van der Waals surface area contributed by atoms with Crippen LogP contribution in [0.1, 0.15) is 19.6 Å². The van der Waals surface area contributed by atoms with Crippen molar-refractivity contribution in [2.24, 2.45) is 5.92 Å².